The highest BCUT2D eigenvalue weighted by Gasteiger charge is 2.28. The number of carbonyl (C=O) groups excluding carboxylic acids is 2. The molecule has 1 rings (SSSR count). The Morgan fingerprint density at radius 1 is 1.00 bits per heavy atom. The standard InChI is InChI=1S/C7H10O4/c8-6(9)4-2-1-3-5(4)7(10)11/h4-5H,1-3H2,(H,8,9)(H,10,11)/p-2. The molecule has 11 heavy (non-hydrogen) atoms. The quantitative estimate of drug-likeness (QED) is 0.458. The van der Waals surface area contributed by atoms with Crippen molar-refractivity contribution in [3.63, 3.8) is 0 Å². The van der Waals surface area contributed by atoms with Crippen molar-refractivity contribution < 1.29 is 19.8 Å². The number of carbonyl (C=O) groups is 2. The van der Waals surface area contributed by atoms with Gasteiger partial charge in [0.1, 0.15) is 0 Å². The third-order valence-electron chi connectivity index (χ3n) is 2.12. The highest BCUT2D eigenvalue weighted by molar-refractivity contribution is 5.78. The molecule has 0 aromatic rings. The van der Waals surface area contributed by atoms with E-state index in [2.05, 4.69) is 0 Å². The molecule has 4 heteroatoms. The Kier molecular flexibility index (Phi) is 2.12. The summed E-state index contributed by atoms with van der Waals surface area (Å²) in [5.41, 5.74) is 0. The smallest absolute Gasteiger partial charge is 0.0451 e. The van der Waals surface area contributed by atoms with Crippen molar-refractivity contribution in [1.82, 2.24) is 0 Å². The van der Waals surface area contributed by atoms with Crippen LogP contribution in [0.2, 0.25) is 0 Å². The predicted molar refractivity (Wildman–Crippen MR) is 30.8 cm³/mol. The maximum absolute atomic E-state index is 10.3. The molecule has 0 amide bonds. The van der Waals surface area contributed by atoms with Gasteiger partial charge < -0.3 is 19.8 Å². The van der Waals surface area contributed by atoms with E-state index in [1.165, 1.54) is 0 Å². The summed E-state index contributed by atoms with van der Waals surface area (Å²) in [6.45, 7) is 0. The van der Waals surface area contributed by atoms with Crippen LogP contribution < -0.4 is 10.2 Å². The second-order valence-electron chi connectivity index (χ2n) is 2.78. The fraction of sp³-hybridized carbons (Fsp3) is 0.714. The van der Waals surface area contributed by atoms with Crippen LogP contribution in [-0.2, 0) is 9.59 Å². The summed E-state index contributed by atoms with van der Waals surface area (Å²) in [4.78, 5) is 20.6. The van der Waals surface area contributed by atoms with Gasteiger partial charge in [-0.1, -0.05) is 6.42 Å². The van der Waals surface area contributed by atoms with Crippen LogP contribution in [0.5, 0.6) is 0 Å². The average Bonchev–Trinajstić information content (AvgIpc) is 2.32. The van der Waals surface area contributed by atoms with Crippen molar-refractivity contribution in [1.29, 1.82) is 0 Å². The van der Waals surface area contributed by atoms with Crippen LogP contribution in [0.25, 0.3) is 0 Å². The minimum Gasteiger partial charge on any atom is -0.550 e. The van der Waals surface area contributed by atoms with Crippen LogP contribution in [0.4, 0.5) is 0 Å². The third-order valence-corrected chi connectivity index (χ3v) is 2.12. The largest absolute Gasteiger partial charge is 0.550 e. The first kappa shape index (κ1) is 8.04. The van der Waals surface area contributed by atoms with E-state index in [4.69, 9.17) is 0 Å². The van der Waals surface area contributed by atoms with E-state index in [0.717, 1.165) is 0 Å². The molecule has 0 aromatic heterocycles. The summed E-state index contributed by atoms with van der Waals surface area (Å²) in [5, 5.41) is 20.6. The van der Waals surface area contributed by atoms with Crippen molar-refractivity contribution >= 4 is 11.9 Å². The number of rotatable bonds is 2. The van der Waals surface area contributed by atoms with Crippen LogP contribution in [0.3, 0.4) is 0 Å². The van der Waals surface area contributed by atoms with E-state index >= 15 is 0 Å². The van der Waals surface area contributed by atoms with Gasteiger partial charge in [0, 0.05) is 23.8 Å². The summed E-state index contributed by atoms with van der Waals surface area (Å²) in [5.74, 6) is -4.20. The minimum absolute atomic E-state index is 0.404. The Bertz CT molecular complexity index is 167. The van der Waals surface area contributed by atoms with Gasteiger partial charge in [-0.25, -0.2) is 0 Å². The van der Waals surface area contributed by atoms with Gasteiger partial charge in [0.05, 0.1) is 0 Å². The molecule has 1 saturated carbocycles. The summed E-state index contributed by atoms with van der Waals surface area (Å²) < 4.78 is 0. The van der Waals surface area contributed by atoms with E-state index in [1.54, 1.807) is 0 Å². The zero-order valence-corrected chi connectivity index (χ0v) is 5.91. The zero-order valence-electron chi connectivity index (χ0n) is 5.91. The topological polar surface area (TPSA) is 80.3 Å². The van der Waals surface area contributed by atoms with Crippen LogP contribution in [-0.4, -0.2) is 11.9 Å². The van der Waals surface area contributed by atoms with Gasteiger partial charge in [0.25, 0.3) is 0 Å². The first-order valence-electron chi connectivity index (χ1n) is 3.54. The molecule has 2 unspecified atom stereocenters. The monoisotopic (exact) mass is 156 g/mol. The average molecular weight is 156 g/mol. The second-order valence-corrected chi connectivity index (χ2v) is 2.78. The van der Waals surface area contributed by atoms with Crippen molar-refractivity contribution in [2.75, 3.05) is 0 Å². The van der Waals surface area contributed by atoms with Crippen LogP contribution in [0.15, 0.2) is 0 Å². The number of carboxylic acid groups (broad SMARTS) is 2. The minimum atomic E-state index is -1.27. The predicted octanol–water partition coefficient (Wildman–Crippen LogP) is -2.10. The number of carboxylic acids is 2. The molecule has 1 fully saturated rings. The molecule has 4 nitrogen and oxygen atoms in total. The normalized spacial score (nSPS) is 30.2. The van der Waals surface area contributed by atoms with Gasteiger partial charge in [0.2, 0.25) is 0 Å². The van der Waals surface area contributed by atoms with Gasteiger partial charge in [-0.05, 0) is 12.8 Å². The third kappa shape index (κ3) is 1.50. The SMILES string of the molecule is O=C([O-])C1CCCC1C(=O)[O-]. The summed E-state index contributed by atoms with van der Waals surface area (Å²) in [7, 11) is 0. The molecule has 1 aliphatic carbocycles. The van der Waals surface area contributed by atoms with Crippen LogP contribution in [0.1, 0.15) is 19.3 Å². The first-order valence-corrected chi connectivity index (χ1v) is 3.54. The highest BCUT2D eigenvalue weighted by atomic mass is 16.4. The lowest BCUT2D eigenvalue weighted by Gasteiger charge is -2.20. The lowest BCUT2D eigenvalue weighted by Crippen LogP contribution is -2.41. The molecule has 0 N–H and O–H groups in total. The fourth-order valence-corrected chi connectivity index (χ4v) is 1.52. The lowest BCUT2D eigenvalue weighted by atomic mass is 9.97. The van der Waals surface area contributed by atoms with Gasteiger partial charge >= 0.3 is 0 Å². The van der Waals surface area contributed by atoms with Crippen LogP contribution >= 0.6 is 0 Å². The number of aliphatic carboxylic acids is 2. The van der Waals surface area contributed by atoms with Crippen LogP contribution in [0, 0.1) is 11.8 Å². The van der Waals surface area contributed by atoms with Crippen molar-refractivity contribution in [2.24, 2.45) is 11.8 Å². The number of hydrogen-bond acceptors (Lipinski definition) is 4. The molecule has 0 radical (unpaired) electrons. The lowest BCUT2D eigenvalue weighted by molar-refractivity contribution is -0.325. The molecular weight excluding hydrogens is 148 g/mol. The second kappa shape index (κ2) is 2.90. The van der Waals surface area contributed by atoms with Gasteiger partial charge in [0.15, 0.2) is 0 Å². The maximum atomic E-state index is 10.3. The van der Waals surface area contributed by atoms with Crippen molar-refractivity contribution in [3.05, 3.63) is 0 Å². The fourth-order valence-electron chi connectivity index (χ4n) is 1.52. The van der Waals surface area contributed by atoms with E-state index < -0.39 is 23.8 Å². The maximum Gasteiger partial charge on any atom is 0.0451 e. The van der Waals surface area contributed by atoms with Gasteiger partial charge in [-0.2, -0.15) is 0 Å². The molecule has 2 atom stereocenters. The molecule has 0 heterocycles. The van der Waals surface area contributed by atoms with Gasteiger partial charge in [-0.15, -0.1) is 0 Å². The Hall–Kier alpha value is -1.06. The van der Waals surface area contributed by atoms with Crippen molar-refractivity contribution in [3.8, 4) is 0 Å². The molecular formula is C7H8O4-2. The molecule has 1 aliphatic rings. The molecule has 62 valence electrons. The van der Waals surface area contributed by atoms with E-state index in [9.17, 15) is 19.8 Å². The summed E-state index contributed by atoms with van der Waals surface area (Å²) in [6.07, 6.45) is 1.44. The highest BCUT2D eigenvalue weighted by Crippen LogP contribution is 2.30. The molecule has 0 aromatic carbocycles. The molecule has 0 bridgehead atoms. The summed E-state index contributed by atoms with van der Waals surface area (Å²) in [6, 6.07) is 0. The van der Waals surface area contributed by atoms with E-state index in [-0.39, 0.29) is 0 Å². The van der Waals surface area contributed by atoms with Crippen molar-refractivity contribution in [2.45, 2.75) is 19.3 Å². The Morgan fingerprint density at radius 2 is 1.36 bits per heavy atom. The van der Waals surface area contributed by atoms with E-state index in [0.29, 0.717) is 19.3 Å². The first-order chi connectivity index (χ1) is 5.13. The zero-order chi connectivity index (χ0) is 8.43. The Labute approximate surface area is 63.8 Å². The Morgan fingerprint density at radius 3 is 1.64 bits per heavy atom. The van der Waals surface area contributed by atoms with Gasteiger partial charge in [-0.3, -0.25) is 0 Å². The van der Waals surface area contributed by atoms with E-state index in [1.807, 2.05) is 0 Å². The Balaban J connectivity index is 2.65. The molecule has 0 aliphatic heterocycles. The summed E-state index contributed by atoms with van der Waals surface area (Å²) >= 11 is 0. The molecule has 0 spiro atoms. The molecule has 0 saturated heterocycles. The number of hydrogen-bond donors (Lipinski definition) is 0.